The second-order valence-electron chi connectivity index (χ2n) is 6.43. The van der Waals surface area contributed by atoms with Crippen molar-refractivity contribution in [2.24, 2.45) is 0 Å². The lowest BCUT2D eigenvalue weighted by Crippen LogP contribution is -2.41. The van der Waals surface area contributed by atoms with Crippen molar-refractivity contribution in [2.75, 3.05) is 42.6 Å². The lowest BCUT2D eigenvalue weighted by molar-refractivity contribution is -0.139. The number of nitrogens with zero attached hydrogens (tertiary/aromatic N) is 2. The van der Waals surface area contributed by atoms with Crippen LogP contribution in [0, 0.1) is 11.8 Å². The molecule has 156 valence electrons. The summed E-state index contributed by atoms with van der Waals surface area (Å²) in [5, 5.41) is 8.87. The van der Waals surface area contributed by atoms with Gasteiger partial charge in [-0.25, -0.2) is 4.79 Å². The van der Waals surface area contributed by atoms with Crippen LogP contribution in [-0.4, -0.2) is 49.8 Å². The van der Waals surface area contributed by atoms with Crippen molar-refractivity contribution in [3.05, 3.63) is 46.9 Å². The maximum absolute atomic E-state index is 12.6. The number of ether oxygens (including phenoxy) is 2. The molecule has 1 N–H and O–H groups in total. The third-order valence-electron chi connectivity index (χ3n) is 4.47. The summed E-state index contributed by atoms with van der Waals surface area (Å²) >= 11 is 3.41. The van der Waals surface area contributed by atoms with E-state index < -0.39 is 12.6 Å². The molecular formula is C22H21BrN2O5. The number of amides is 1. The van der Waals surface area contributed by atoms with Crippen molar-refractivity contribution in [2.45, 2.75) is 6.92 Å². The summed E-state index contributed by atoms with van der Waals surface area (Å²) < 4.78 is 12.0. The van der Waals surface area contributed by atoms with Gasteiger partial charge >= 0.3 is 11.9 Å². The number of halogens is 1. The summed E-state index contributed by atoms with van der Waals surface area (Å²) in [6.07, 6.45) is 0. The molecule has 3 rings (SSSR count). The van der Waals surface area contributed by atoms with Crippen molar-refractivity contribution in [1.29, 1.82) is 0 Å². The minimum absolute atomic E-state index is 0.271. The van der Waals surface area contributed by atoms with Gasteiger partial charge in [0.25, 0.3) is 0 Å². The molecule has 0 bridgehead atoms. The number of carbonyl (C=O) groups is 2. The van der Waals surface area contributed by atoms with Gasteiger partial charge in [-0.3, -0.25) is 9.69 Å². The molecule has 8 heteroatoms. The van der Waals surface area contributed by atoms with Gasteiger partial charge in [-0.15, -0.1) is 0 Å². The minimum atomic E-state index is -1.05. The molecule has 0 aromatic heterocycles. The van der Waals surface area contributed by atoms with Gasteiger partial charge in [0.1, 0.15) is 6.61 Å². The predicted octanol–water partition coefficient (Wildman–Crippen LogP) is 3.17. The van der Waals surface area contributed by atoms with E-state index in [1.165, 1.54) is 0 Å². The van der Waals surface area contributed by atoms with Crippen LogP contribution < -0.4 is 19.3 Å². The molecule has 0 saturated heterocycles. The third-order valence-corrected chi connectivity index (χ3v) is 5.00. The molecule has 0 saturated carbocycles. The van der Waals surface area contributed by atoms with E-state index in [1.54, 1.807) is 24.0 Å². The highest BCUT2D eigenvalue weighted by Crippen LogP contribution is 2.39. The molecular weight excluding hydrogens is 452 g/mol. The summed E-state index contributed by atoms with van der Waals surface area (Å²) in [5.74, 6) is 4.85. The largest absolute Gasteiger partial charge is 0.486 e. The number of carboxylic acid groups (broad SMARTS) is 1. The second kappa shape index (κ2) is 10.0. The Morgan fingerprint density at radius 2 is 2.03 bits per heavy atom. The number of aliphatic carboxylic acids is 1. The molecule has 30 heavy (non-hydrogen) atoms. The predicted molar refractivity (Wildman–Crippen MR) is 117 cm³/mol. The second-order valence-corrected chi connectivity index (χ2v) is 7.35. The average Bonchev–Trinajstić information content (AvgIpc) is 2.74. The van der Waals surface area contributed by atoms with Crippen molar-refractivity contribution in [1.82, 2.24) is 0 Å². The number of benzene rings is 2. The first-order valence-electron chi connectivity index (χ1n) is 9.34. The maximum atomic E-state index is 12.6. The van der Waals surface area contributed by atoms with Crippen LogP contribution in [0.2, 0.25) is 0 Å². The normalized spacial score (nSPS) is 12.1. The van der Waals surface area contributed by atoms with Gasteiger partial charge in [-0.05, 0) is 49.2 Å². The van der Waals surface area contributed by atoms with Crippen LogP contribution in [0.3, 0.4) is 0 Å². The molecule has 0 aliphatic carbocycles. The zero-order valence-electron chi connectivity index (χ0n) is 16.4. The number of hydrogen-bond acceptors (Lipinski definition) is 5. The third kappa shape index (κ3) is 5.24. The summed E-state index contributed by atoms with van der Waals surface area (Å²) in [6.45, 7) is 3.23. The van der Waals surface area contributed by atoms with Gasteiger partial charge in [0.2, 0.25) is 0 Å². The van der Waals surface area contributed by atoms with Crippen LogP contribution in [0.25, 0.3) is 0 Å². The van der Waals surface area contributed by atoms with E-state index in [9.17, 15) is 9.59 Å². The van der Waals surface area contributed by atoms with Crippen LogP contribution in [0.4, 0.5) is 11.4 Å². The molecule has 1 aliphatic rings. The first-order valence-corrected chi connectivity index (χ1v) is 10.1. The Morgan fingerprint density at radius 1 is 1.27 bits per heavy atom. The SMILES string of the molecule is CC#CC(=O)N(CCN1CCOc2c(OCC(=O)O)cccc21)c1ccc(Br)cc1. The molecule has 2 aromatic rings. The molecule has 7 nitrogen and oxygen atoms in total. The van der Waals surface area contributed by atoms with E-state index in [2.05, 4.69) is 32.7 Å². The monoisotopic (exact) mass is 472 g/mol. The van der Waals surface area contributed by atoms with E-state index in [0.29, 0.717) is 37.7 Å². The fraction of sp³-hybridized carbons (Fsp3) is 0.273. The Bertz CT molecular complexity index is 981. The first kappa shape index (κ1) is 21.5. The number of rotatable bonds is 7. The summed E-state index contributed by atoms with van der Waals surface area (Å²) in [5.41, 5.74) is 1.56. The van der Waals surface area contributed by atoms with Crippen molar-refractivity contribution in [3.8, 4) is 23.3 Å². The van der Waals surface area contributed by atoms with Gasteiger partial charge in [0, 0.05) is 23.2 Å². The van der Waals surface area contributed by atoms with Gasteiger partial charge in [-0.1, -0.05) is 27.9 Å². The highest BCUT2D eigenvalue weighted by Gasteiger charge is 2.23. The van der Waals surface area contributed by atoms with E-state index in [4.69, 9.17) is 14.6 Å². The number of para-hydroxylation sites is 1. The lowest BCUT2D eigenvalue weighted by atomic mass is 10.2. The van der Waals surface area contributed by atoms with Crippen LogP contribution in [-0.2, 0) is 9.59 Å². The molecule has 0 spiro atoms. The van der Waals surface area contributed by atoms with E-state index >= 15 is 0 Å². The van der Waals surface area contributed by atoms with Gasteiger partial charge in [0.05, 0.1) is 12.2 Å². The highest BCUT2D eigenvalue weighted by atomic mass is 79.9. The van der Waals surface area contributed by atoms with E-state index in [0.717, 1.165) is 15.8 Å². The van der Waals surface area contributed by atoms with E-state index in [-0.39, 0.29) is 5.91 Å². The topological polar surface area (TPSA) is 79.3 Å². The number of anilines is 2. The summed E-state index contributed by atoms with van der Waals surface area (Å²) in [4.78, 5) is 27.1. The average molecular weight is 473 g/mol. The zero-order chi connectivity index (χ0) is 21.5. The van der Waals surface area contributed by atoms with Crippen molar-refractivity contribution >= 4 is 39.2 Å². The van der Waals surface area contributed by atoms with Crippen LogP contribution >= 0.6 is 15.9 Å². The van der Waals surface area contributed by atoms with Crippen molar-refractivity contribution < 1.29 is 24.2 Å². The number of hydrogen-bond donors (Lipinski definition) is 1. The Morgan fingerprint density at radius 3 is 2.73 bits per heavy atom. The first-order chi connectivity index (χ1) is 14.5. The fourth-order valence-electron chi connectivity index (χ4n) is 3.13. The summed E-state index contributed by atoms with van der Waals surface area (Å²) in [6, 6.07) is 12.8. The Balaban J connectivity index is 1.79. The van der Waals surface area contributed by atoms with Crippen LogP contribution in [0.5, 0.6) is 11.5 Å². The lowest BCUT2D eigenvalue weighted by Gasteiger charge is -2.33. The Hall–Kier alpha value is -3.18. The number of fused-ring (bicyclic) bond motifs is 1. The molecule has 0 radical (unpaired) electrons. The summed E-state index contributed by atoms with van der Waals surface area (Å²) in [7, 11) is 0. The quantitative estimate of drug-likeness (QED) is 0.623. The maximum Gasteiger partial charge on any atom is 0.341 e. The molecule has 0 atom stereocenters. The Kier molecular flexibility index (Phi) is 7.20. The van der Waals surface area contributed by atoms with Crippen LogP contribution in [0.15, 0.2) is 46.9 Å². The van der Waals surface area contributed by atoms with Gasteiger partial charge in [0.15, 0.2) is 18.1 Å². The molecule has 0 fully saturated rings. The smallest absolute Gasteiger partial charge is 0.341 e. The number of carbonyl (C=O) groups excluding carboxylic acids is 1. The molecule has 2 aromatic carbocycles. The molecule has 1 heterocycles. The number of carboxylic acids is 1. The molecule has 0 unspecified atom stereocenters. The standard InChI is InChI=1S/C22H21BrN2O5/c1-2-4-20(26)25(17-9-7-16(23)8-10-17)12-11-24-13-14-29-22-18(24)5-3-6-19(22)30-15-21(27)28/h3,5-10H,11-15H2,1H3,(H,27,28). The Labute approximate surface area is 183 Å². The highest BCUT2D eigenvalue weighted by molar-refractivity contribution is 9.10. The fourth-order valence-corrected chi connectivity index (χ4v) is 3.39. The van der Waals surface area contributed by atoms with Crippen LogP contribution in [0.1, 0.15) is 6.92 Å². The van der Waals surface area contributed by atoms with Gasteiger partial charge in [-0.2, -0.15) is 0 Å². The zero-order valence-corrected chi connectivity index (χ0v) is 18.0. The van der Waals surface area contributed by atoms with Gasteiger partial charge < -0.3 is 19.5 Å². The molecule has 1 aliphatic heterocycles. The minimum Gasteiger partial charge on any atom is -0.486 e. The van der Waals surface area contributed by atoms with Crippen molar-refractivity contribution in [3.63, 3.8) is 0 Å². The molecule has 1 amide bonds. The van der Waals surface area contributed by atoms with E-state index in [1.807, 2.05) is 30.3 Å².